The fraction of sp³-hybridized carbons (Fsp3) is 0.741. The van der Waals surface area contributed by atoms with Gasteiger partial charge in [0.15, 0.2) is 18.0 Å². The molecule has 5 rings (SSSR count). The maximum absolute atomic E-state index is 13.6. The van der Waals surface area contributed by atoms with Crippen LogP contribution in [0.15, 0.2) is 11.6 Å². The third-order valence-electron chi connectivity index (χ3n) is 9.86. The van der Waals surface area contributed by atoms with E-state index in [0.29, 0.717) is 19.3 Å². The Bertz CT molecular complexity index is 1080. The summed E-state index contributed by atoms with van der Waals surface area (Å²) in [6.07, 6.45) is 3.23. The van der Waals surface area contributed by atoms with Crippen molar-refractivity contribution in [1.29, 1.82) is 0 Å². The Morgan fingerprint density at radius 1 is 1.06 bits per heavy atom. The zero-order valence-corrected chi connectivity index (χ0v) is 21.5. The topological polar surface area (TPSA) is 126 Å². The molecule has 9 heteroatoms. The van der Waals surface area contributed by atoms with Gasteiger partial charge >= 0.3 is 17.9 Å². The van der Waals surface area contributed by atoms with Crippen molar-refractivity contribution in [2.24, 2.45) is 28.6 Å². The molecule has 0 aromatic heterocycles. The van der Waals surface area contributed by atoms with Crippen molar-refractivity contribution in [2.75, 3.05) is 6.61 Å². The Kier molecular flexibility index (Phi) is 5.74. The molecule has 0 unspecified atom stereocenters. The molecule has 0 spiro atoms. The van der Waals surface area contributed by atoms with Crippen LogP contribution in [-0.2, 0) is 42.9 Å². The quantitative estimate of drug-likeness (QED) is 0.317. The number of carbonyl (C=O) groups excluding carboxylic acids is 5. The third-order valence-corrected chi connectivity index (χ3v) is 9.86. The summed E-state index contributed by atoms with van der Waals surface area (Å²) in [4.78, 5) is 62.1. The van der Waals surface area contributed by atoms with Crippen LogP contribution in [0.1, 0.15) is 66.7 Å². The van der Waals surface area contributed by atoms with Crippen LogP contribution in [-0.4, -0.2) is 60.0 Å². The van der Waals surface area contributed by atoms with Gasteiger partial charge in [-0.3, -0.25) is 24.0 Å². The van der Waals surface area contributed by atoms with E-state index in [0.717, 1.165) is 18.4 Å². The number of hydrogen-bond donors (Lipinski definition) is 0. The Balaban J connectivity index is 1.58. The van der Waals surface area contributed by atoms with E-state index in [1.54, 1.807) is 6.08 Å². The molecule has 0 aromatic rings. The summed E-state index contributed by atoms with van der Waals surface area (Å²) < 4.78 is 22.8. The number of rotatable bonds is 5. The molecule has 0 radical (unpaired) electrons. The molecule has 1 aliphatic heterocycles. The second-order valence-corrected chi connectivity index (χ2v) is 11.6. The summed E-state index contributed by atoms with van der Waals surface area (Å²) >= 11 is 0. The average molecular weight is 503 g/mol. The van der Waals surface area contributed by atoms with E-state index in [9.17, 15) is 24.0 Å². The number of esters is 3. The molecule has 5 aliphatic rings. The summed E-state index contributed by atoms with van der Waals surface area (Å²) in [7, 11) is 0. The summed E-state index contributed by atoms with van der Waals surface area (Å²) in [6, 6.07) is 0. The maximum atomic E-state index is 13.6. The Morgan fingerprint density at radius 3 is 2.42 bits per heavy atom. The van der Waals surface area contributed by atoms with Crippen LogP contribution in [0.4, 0.5) is 0 Å². The zero-order chi connectivity index (χ0) is 26.2. The van der Waals surface area contributed by atoms with Gasteiger partial charge in [0.25, 0.3) is 0 Å². The van der Waals surface area contributed by atoms with E-state index >= 15 is 0 Å². The second kappa shape index (κ2) is 8.23. The highest BCUT2D eigenvalue weighted by Gasteiger charge is 2.74. The molecule has 1 saturated heterocycles. The largest absolute Gasteiger partial charge is 0.462 e. The van der Waals surface area contributed by atoms with Crippen molar-refractivity contribution in [2.45, 2.75) is 90.6 Å². The van der Waals surface area contributed by atoms with Crippen LogP contribution in [0.3, 0.4) is 0 Å². The number of Topliss-reactive ketones (excluding diaryl/α,β-unsaturated/α-hetero) is 1. The summed E-state index contributed by atoms with van der Waals surface area (Å²) in [5.74, 6) is -2.08. The van der Waals surface area contributed by atoms with Crippen molar-refractivity contribution < 1.29 is 42.9 Å². The van der Waals surface area contributed by atoms with Gasteiger partial charge in [-0.1, -0.05) is 19.4 Å². The molecule has 0 aromatic carbocycles. The molecule has 196 valence electrons. The van der Waals surface area contributed by atoms with Crippen LogP contribution in [0.5, 0.6) is 0 Å². The Hall–Kier alpha value is -2.55. The van der Waals surface area contributed by atoms with Gasteiger partial charge in [0.05, 0.1) is 0 Å². The summed E-state index contributed by atoms with van der Waals surface area (Å²) in [5, 5.41) is 0. The maximum Gasteiger partial charge on any atom is 0.303 e. The minimum atomic E-state index is -1.49. The van der Waals surface area contributed by atoms with Gasteiger partial charge in [-0.05, 0) is 50.0 Å². The normalized spacial score (nSPS) is 44.1. The average Bonchev–Trinajstić information content (AvgIpc) is 3.54. The van der Waals surface area contributed by atoms with Crippen molar-refractivity contribution in [1.82, 2.24) is 0 Å². The number of carbonyl (C=O) groups is 5. The minimum Gasteiger partial charge on any atom is -0.462 e. The molecular weight excluding hydrogens is 468 g/mol. The molecule has 3 saturated carbocycles. The first-order valence-electron chi connectivity index (χ1n) is 12.8. The lowest BCUT2D eigenvalue weighted by Gasteiger charge is -2.60. The predicted molar refractivity (Wildman–Crippen MR) is 123 cm³/mol. The first-order chi connectivity index (χ1) is 16.8. The molecule has 9 atom stereocenters. The molecule has 0 bridgehead atoms. The fourth-order valence-corrected chi connectivity index (χ4v) is 8.53. The number of ether oxygens (including phenoxy) is 4. The van der Waals surface area contributed by atoms with E-state index < -0.39 is 58.9 Å². The smallest absolute Gasteiger partial charge is 0.303 e. The highest BCUT2D eigenvalue weighted by molar-refractivity contribution is 5.98. The van der Waals surface area contributed by atoms with E-state index in [2.05, 4.69) is 6.92 Å². The van der Waals surface area contributed by atoms with Crippen LogP contribution < -0.4 is 0 Å². The van der Waals surface area contributed by atoms with E-state index in [1.165, 1.54) is 20.8 Å². The van der Waals surface area contributed by atoms with Crippen LogP contribution in [0.2, 0.25) is 0 Å². The standard InChI is InChI=1S/C27H34O9/c1-13(28)33-12-21(32)27(36-15(3)30)9-8-18-17-7-6-16-10-19(31)23-24(35-23)26(16,5)22(17)20(34-14(2)29)11-25(18,27)4/h10,17-18,20,22-24H,6-9,11-12H2,1-5H3/t17-,18-,20-,22+,23-,24-,25-,26-,27-/m0/s1. The Morgan fingerprint density at radius 2 is 1.78 bits per heavy atom. The lowest BCUT2D eigenvalue weighted by molar-refractivity contribution is -0.208. The highest BCUT2D eigenvalue weighted by atomic mass is 16.6. The van der Waals surface area contributed by atoms with Gasteiger partial charge in [-0.2, -0.15) is 0 Å². The van der Waals surface area contributed by atoms with Gasteiger partial charge in [0, 0.05) is 37.5 Å². The minimum absolute atomic E-state index is 0.00131. The number of fused-ring (bicyclic) bond motifs is 7. The van der Waals surface area contributed by atoms with E-state index in [4.69, 9.17) is 18.9 Å². The molecule has 36 heavy (non-hydrogen) atoms. The van der Waals surface area contributed by atoms with Crippen molar-refractivity contribution in [3.63, 3.8) is 0 Å². The monoisotopic (exact) mass is 502 g/mol. The second-order valence-electron chi connectivity index (χ2n) is 11.6. The molecule has 4 aliphatic carbocycles. The third kappa shape index (κ3) is 3.41. The molecular formula is C27H34O9. The lowest BCUT2D eigenvalue weighted by Crippen LogP contribution is -2.64. The van der Waals surface area contributed by atoms with Gasteiger partial charge in [-0.15, -0.1) is 0 Å². The van der Waals surface area contributed by atoms with Gasteiger partial charge in [0.1, 0.15) is 18.3 Å². The van der Waals surface area contributed by atoms with Gasteiger partial charge in [-0.25, -0.2) is 0 Å². The number of ketones is 2. The number of epoxide rings is 1. The van der Waals surface area contributed by atoms with Crippen molar-refractivity contribution >= 4 is 29.5 Å². The SMILES string of the molecule is CC(=O)OCC(=O)[C@@]1(OC(C)=O)CC[C@H]2[C@@H]3CCC4=CC(=O)[C@@H]5O[C@@H]5[C@]4(C)[C@H]3[C@@H](OC(C)=O)C[C@@]21C. The number of hydrogen-bond acceptors (Lipinski definition) is 9. The molecule has 1 heterocycles. The lowest BCUT2D eigenvalue weighted by atomic mass is 9.45. The first kappa shape index (κ1) is 25.1. The molecule has 0 N–H and O–H groups in total. The molecule has 9 nitrogen and oxygen atoms in total. The summed E-state index contributed by atoms with van der Waals surface area (Å²) in [5.41, 5.74) is -1.73. The van der Waals surface area contributed by atoms with Crippen LogP contribution >= 0.6 is 0 Å². The summed E-state index contributed by atoms with van der Waals surface area (Å²) in [6.45, 7) is 7.44. The zero-order valence-electron chi connectivity index (χ0n) is 21.5. The van der Waals surface area contributed by atoms with Crippen LogP contribution in [0, 0.1) is 28.6 Å². The van der Waals surface area contributed by atoms with E-state index in [-0.39, 0.29) is 29.6 Å². The van der Waals surface area contributed by atoms with Crippen molar-refractivity contribution in [3.05, 3.63) is 11.6 Å². The fourth-order valence-electron chi connectivity index (χ4n) is 8.53. The van der Waals surface area contributed by atoms with Crippen LogP contribution in [0.25, 0.3) is 0 Å². The van der Waals surface area contributed by atoms with Gasteiger partial charge in [0.2, 0.25) is 5.78 Å². The predicted octanol–water partition coefficient (Wildman–Crippen LogP) is 2.48. The highest BCUT2D eigenvalue weighted by Crippen LogP contribution is 2.70. The van der Waals surface area contributed by atoms with Gasteiger partial charge < -0.3 is 18.9 Å². The first-order valence-corrected chi connectivity index (χ1v) is 12.8. The molecule has 0 amide bonds. The molecule has 4 fully saturated rings. The Labute approximate surface area is 210 Å². The van der Waals surface area contributed by atoms with E-state index in [1.807, 2.05) is 6.92 Å². The van der Waals surface area contributed by atoms with Crippen molar-refractivity contribution in [3.8, 4) is 0 Å².